The Morgan fingerprint density at radius 1 is 1.06 bits per heavy atom. The van der Waals surface area contributed by atoms with Gasteiger partial charge in [-0.05, 0) is 43.5 Å². The van der Waals surface area contributed by atoms with Gasteiger partial charge in [0.15, 0.2) is 0 Å². The lowest BCUT2D eigenvalue weighted by molar-refractivity contribution is 0.0374. The first-order valence-electron chi connectivity index (χ1n) is 11.6. The van der Waals surface area contributed by atoms with Gasteiger partial charge in [-0.3, -0.25) is 9.69 Å². The highest BCUT2D eigenvalue weighted by Gasteiger charge is 2.14. The number of benzene rings is 1. The number of nitrogens with one attached hydrogen (secondary N) is 2. The van der Waals surface area contributed by atoms with Gasteiger partial charge in [0.2, 0.25) is 5.95 Å². The molecule has 0 atom stereocenters. The molecule has 0 bridgehead atoms. The van der Waals surface area contributed by atoms with Gasteiger partial charge in [0.25, 0.3) is 5.91 Å². The molecule has 166 valence electrons. The van der Waals surface area contributed by atoms with E-state index in [1.807, 2.05) is 36.7 Å². The maximum Gasteiger partial charge on any atom is 0.251 e. The van der Waals surface area contributed by atoms with E-state index in [1.165, 1.54) is 32.1 Å². The highest BCUT2D eigenvalue weighted by Crippen LogP contribution is 2.22. The number of morpholine rings is 1. The van der Waals surface area contributed by atoms with Crippen LogP contribution in [0.5, 0.6) is 0 Å². The number of carbonyl (C=O) groups is 1. The maximum atomic E-state index is 12.6. The first kappa shape index (κ1) is 21.7. The van der Waals surface area contributed by atoms with Crippen molar-refractivity contribution in [3.8, 4) is 11.1 Å². The Kier molecular flexibility index (Phi) is 7.85. The summed E-state index contributed by atoms with van der Waals surface area (Å²) in [6.07, 6.45) is 10.9. The summed E-state index contributed by atoms with van der Waals surface area (Å²) in [5.74, 6) is 0.644. The van der Waals surface area contributed by atoms with E-state index in [9.17, 15) is 4.79 Å². The molecule has 2 fully saturated rings. The summed E-state index contributed by atoms with van der Waals surface area (Å²) in [7, 11) is 0. The second-order valence-corrected chi connectivity index (χ2v) is 8.42. The highest BCUT2D eigenvalue weighted by molar-refractivity contribution is 5.95. The lowest BCUT2D eigenvalue weighted by atomic mass is 9.96. The van der Waals surface area contributed by atoms with Gasteiger partial charge in [-0.1, -0.05) is 31.4 Å². The zero-order valence-electron chi connectivity index (χ0n) is 18.2. The Morgan fingerprint density at radius 3 is 2.61 bits per heavy atom. The predicted octanol–water partition coefficient (Wildman–Crippen LogP) is 3.34. The molecular weight excluding hydrogens is 390 g/mol. The minimum Gasteiger partial charge on any atom is -0.379 e. The minimum atomic E-state index is -0.0414. The van der Waals surface area contributed by atoms with E-state index in [0.717, 1.165) is 50.4 Å². The maximum absolute atomic E-state index is 12.6. The quantitative estimate of drug-likeness (QED) is 0.634. The third kappa shape index (κ3) is 6.48. The molecule has 2 heterocycles. The fourth-order valence-electron chi connectivity index (χ4n) is 4.25. The molecule has 2 aliphatic rings. The summed E-state index contributed by atoms with van der Waals surface area (Å²) in [5.41, 5.74) is 2.52. The van der Waals surface area contributed by atoms with Crippen LogP contribution in [0.3, 0.4) is 0 Å². The topological polar surface area (TPSA) is 79.4 Å². The van der Waals surface area contributed by atoms with Gasteiger partial charge in [0.1, 0.15) is 0 Å². The summed E-state index contributed by atoms with van der Waals surface area (Å²) in [6.45, 7) is 5.23. The zero-order valence-corrected chi connectivity index (χ0v) is 18.2. The summed E-state index contributed by atoms with van der Waals surface area (Å²) in [6, 6.07) is 8.13. The molecule has 1 aromatic carbocycles. The van der Waals surface area contributed by atoms with Crippen LogP contribution >= 0.6 is 0 Å². The summed E-state index contributed by atoms with van der Waals surface area (Å²) < 4.78 is 5.37. The van der Waals surface area contributed by atoms with Crippen LogP contribution in [-0.4, -0.2) is 66.2 Å². The number of nitrogens with zero attached hydrogens (tertiary/aromatic N) is 3. The molecule has 2 aromatic rings. The number of hydrogen-bond donors (Lipinski definition) is 2. The number of anilines is 1. The van der Waals surface area contributed by atoms with Gasteiger partial charge in [-0.2, -0.15) is 0 Å². The van der Waals surface area contributed by atoms with Gasteiger partial charge in [0, 0.05) is 49.2 Å². The molecule has 1 aliphatic carbocycles. The first-order chi connectivity index (χ1) is 15.3. The molecule has 2 N–H and O–H groups in total. The molecule has 31 heavy (non-hydrogen) atoms. The standard InChI is InChI=1S/C24H33N5O2/c30-23(25-10-5-11-29-12-14-31-15-13-29)20-7-4-6-19(16-20)21-17-26-24(27-18-21)28-22-8-2-1-3-9-22/h4,6-7,16-18,22H,1-3,5,8-15H2,(H,25,30)(H,26,27,28). The normalized spacial score (nSPS) is 17.9. The Bertz CT molecular complexity index is 830. The molecule has 1 aliphatic heterocycles. The minimum absolute atomic E-state index is 0.0414. The molecule has 0 radical (unpaired) electrons. The number of carbonyl (C=O) groups excluding carboxylic acids is 1. The van der Waals surface area contributed by atoms with E-state index in [1.54, 1.807) is 0 Å². The van der Waals surface area contributed by atoms with Crippen molar-refractivity contribution >= 4 is 11.9 Å². The van der Waals surface area contributed by atoms with Crippen molar-refractivity contribution in [2.45, 2.75) is 44.6 Å². The van der Waals surface area contributed by atoms with E-state index in [4.69, 9.17) is 4.74 Å². The van der Waals surface area contributed by atoms with E-state index in [-0.39, 0.29) is 5.91 Å². The van der Waals surface area contributed by atoms with Crippen LogP contribution in [0.25, 0.3) is 11.1 Å². The van der Waals surface area contributed by atoms with E-state index in [2.05, 4.69) is 25.5 Å². The van der Waals surface area contributed by atoms with Crippen LogP contribution in [0.2, 0.25) is 0 Å². The molecule has 4 rings (SSSR count). The fraction of sp³-hybridized carbons (Fsp3) is 0.542. The SMILES string of the molecule is O=C(NCCCN1CCOCC1)c1cccc(-c2cnc(NC3CCCCC3)nc2)c1. The van der Waals surface area contributed by atoms with E-state index >= 15 is 0 Å². The van der Waals surface area contributed by atoms with Crippen LogP contribution < -0.4 is 10.6 Å². The number of amides is 1. The number of aromatic nitrogens is 2. The van der Waals surface area contributed by atoms with Crippen molar-refractivity contribution in [1.82, 2.24) is 20.2 Å². The Hall–Kier alpha value is -2.51. The average molecular weight is 424 g/mol. The molecule has 0 spiro atoms. The number of ether oxygens (including phenoxy) is 1. The van der Waals surface area contributed by atoms with Crippen molar-refractivity contribution in [3.05, 3.63) is 42.2 Å². The smallest absolute Gasteiger partial charge is 0.251 e. The van der Waals surface area contributed by atoms with Crippen molar-refractivity contribution in [2.75, 3.05) is 44.7 Å². The Balaban J connectivity index is 1.28. The van der Waals surface area contributed by atoms with Crippen LogP contribution in [0.1, 0.15) is 48.9 Å². The molecule has 0 unspecified atom stereocenters. The highest BCUT2D eigenvalue weighted by atomic mass is 16.5. The molecule has 1 aromatic heterocycles. The van der Waals surface area contributed by atoms with Crippen LogP contribution in [-0.2, 0) is 4.74 Å². The molecule has 1 amide bonds. The van der Waals surface area contributed by atoms with Crippen molar-refractivity contribution < 1.29 is 9.53 Å². The lowest BCUT2D eigenvalue weighted by Gasteiger charge is -2.26. The Morgan fingerprint density at radius 2 is 1.84 bits per heavy atom. The average Bonchev–Trinajstić information content (AvgIpc) is 2.84. The molecular formula is C24H33N5O2. The van der Waals surface area contributed by atoms with Gasteiger partial charge in [-0.25, -0.2) is 9.97 Å². The summed E-state index contributed by atoms with van der Waals surface area (Å²) in [4.78, 5) is 23.9. The van der Waals surface area contributed by atoms with E-state index < -0.39 is 0 Å². The van der Waals surface area contributed by atoms with Crippen molar-refractivity contribution in [2.24, 2.45) is 0 Å². The predicted molar refractivity (Wildman–Crippen MR) is 122 cm³/mol. The lowest BCUT2D eigenvalue weighted by Crippen LogP contribution is -2.38. The first-order valence-corrected chi connectivity index (χ1v) is 11.6. The number of rotatable bonds is 8. The van der Waals surface area contributed by atoms with Crippen LogP contribution in [0.4, 0.5) is 5.95 Å². The largest absolute Gasteiger partial charge is 0.379 e. The van der Waals surface area contributed by atoms with Crippen LogP contribution in [0.15, 0.2) is 36.7 Å². The van der Waals surface area contributed by atoms with Gasteiger partial charge < -0.3 is 15.4 Å². The Labute approximate surface area is 184 Å². The molecule has 7 heteroatoms. The van der Waals surface area contributed by atoms with Crippen molar-refractivity contribution in [1.29, 1.82) is 0 Å². The fourth-order valence-corrected chi connectivity index (χ4v) is 4.25. The van der Waals surface area contributed by atoms with Crippen molar-refractivity contribution in [3.63, 3.8) is 0 Å². The van der Waals surface area contributed by atoms with E-state index in [0.29, 0.717) is 24.1 Å². The molecule has 1 saturated carbocycles. The molecule has 1 saturated heterocycles. The van der Waals surface area contributed by atoms with Gasteiger partial charge in [0.05, 0.1) is 13.2 Å². The van der Waals surface area contributed by atoms with Gasteiger partial charge in [-0.15, -0.1) is 0 Å². The monoisotopic (exact) mass is 423 g/mol. The third-order valence-electron chi connectivity index (χ3n) is 6.09. The second kappa shape index (κ2) is 11.2. The molecule has 7 nitrogen and oxygen atoms in total. The number of hydrogen-bond acceptors (Lipinski definition) is 6. The summed E-state index contributed by atoms with van der Waals surface area (Å²) >= 11 is 0. The second-order valence-electron chi connectivity index (χ2n) is 8.42. The zero-order chi connectivity index (χ0) is 21.3. The summed E-state index contributed by atoms with van der Waals surface area (Å²) in [5, 5.41) is 6.48. The van der Waals surface area contributed by atoms with Gasteiger partial charge >= 0.3 is 0 Å². The third-order valence-corrected chi connectivity index (χ3v) is 6.09. The van der Waals surface area contributed by atoms with Crippen LogP contribution in [0, 0.1) is 0 Å².